The van der Waals surface area contributed by atoms with Crippen LogP contribution in [0.1, 0.15) is 37.9 Å². The fraction of sp³-hybridized carbons (Fsp3) is 0.217. The molecule has 1 unspecified atom stereocenters. The highest BCUT2D eigenvalue weighted by Crippen LogP contribution is 2.42. The molecule has 0 spiro atoms. The second kappa shape index (κ2) is 9.60. The number of anilines is 1. The number of pyridine rings is 1. The quantitative estimate of drug-likeness (QED) is 0.343. The summed E-state index contributed by atoms with van der Waals surface area (Å²) < 4.78 is 0. The minimum atomic E-state index is -0.159. The van der Waals surface area contributed by atoms with Crippen molar-refractivity contribution >= 4 is 34.7 Å². The molecule has 32 heavy (non-hydrogen) atoms. The molecule has 0 fully saturated rings. The summed E-state index contributed by atoms with van der Waals surface area (Å²) >= 11 is 7.75. The standard InChI is InChI=1S/C23H23ClN6OS/c1-13(2)28-21(15-4-6-17(24)7-5-15)18-11-19(32-22(18)23-26-12-27-30-23)16-8-9-25-20(10-16)29-14(3)31/h4-13,21,28H,1-3H3,(H,25,29,31)(H,26,27,30). The maximum Gasteiger partial charge on any atom is 0.222 e. The topological polar surface area (TPSA) is 95.6 Å². The number of carbonyl (C=O) groups is 1. The number of amides is 1. The minimum Gasteiger partial charge on any atom is -0.327 e. The Morgan fingerprint density at radius 3 is 2.59 bits per heavy atom. The summed E-state index contributed by atoms with van der Waals surface area (Å²) in [6, 6.07) is 14.0. The molecule has 9 heteroatoms. The Hall–Kier alpha value is -3.07. The molecule has 164 valence electrons. The number of nitrogens with zero attached hydrogens (tertiary/aromatic N) is 3. The van der Waals surface area contributed by atoms with Crippen LogP contribution in [0.5, 0.6) is 0 Å². The van der Waals surface area contributed by atoms with Crippen LogP contribution >= 0.6 is 22.9 Å². The zero-order chi connectivity index (χ0) is 22.7. The number of benzene rings is 1. The van der Waals surface area contributed by atoms with Gasteiger partial charge in [-0.3, -0.25) is 4.79 Å². The average Bonchev–Trinajstić information content (AvgIpc) is 3.42. The van der Waals surface area contributed by atoms with Crippen LogP contribution in [0, 0.1) is 0 Å². The van der Waals surface area contributed by atoms with Gasteiger partial charge < -0.3 is 15.6 Å². The van der Waals surface area contributed by atoms with Crippen LogP contribution < -0.4 is 10.6 Å². The number of aromatic nitrogens is 4. The van der Waals surface area contributed by atoms with Crippen molar-refractivity contribution in [3.05, 3.63) is 71.1 Å². The number of nitrogens with one attached hydrogen (secondary N) is 3. The molecule has 4 rings (SSSR count). The molecule has 3 heterocycles. The highest BCUT2D eigenvalue weighted by Gasteiger charge is 2.24. The molecule has 0 aliphatic rings. The van der Waals surface area contributed by atoms with Gasteiger partial charge in [-0.2, -0.15) is 0 Å². The van der Waals surface area contributed by atoms with Crippen LogP contribution in [-0.4, -0.2) is 32.1 Å². The van der Waals surface area contributed by atoms with Gasteiger partial charge in [0.25, 0.3) is 0 Å². The Kier molecular flexibility index (Phi) is 6.64. The predicted molar refractivity (Wildman–Crippen MR) is 129 cm³/mol. The van der Waals surface area contributed by atoms with E-state index < -0.39 is 0 Å². The van der Waals surface area contributed by atoms with Crippen LogP contribution in [0.25, 0.3) is 21.1 Å². The number of rotatable bonds is 7. The van der Waals surface area contributed by atoms with Crippen LogP contribution in [0.15, 0.2) is 55.0 Å². The lowest BCUT2D eigenvalue weighted by molar-refractivity contribution is -0.114. The fourth-order valence-corrected chi connectivity index (χ4v) is 4.72. The highest BCUT2D eigenvalue weighted by atomic mass is 35.5. The molecule has 0 saturated heterocycles. The van der Waals surface area contributed by atoms with Gasteiger partial charge in [-0.1, -0.05) is 23.7 Å². The van der Waals surface area contributed by atoms with Crippen molar-refractivity contribution < 1.29 is 4.79 Å². The summed E-state index contributed by atoms with van der Waals surface area (Å²) in [6.07, 6.45) is 3.27. The molecule has 1 aromatic carbocycles. The van der Waals surface area contributed by atoms with Crippen molar-refractivity contribution in [2.75, 3.05) is 5.32 Å². The summed E-state index contributed by atoms with van der Waals surface area (Å²) in [5.41, 5.74) is 3.14. The van der Waals surface area contributed by atoms with Crippen molar-refractivity contribution in [2.45, 2.75) is 32.9 Å². The van der Waals surface area contributed by atoms with Crippen molar-refractivity contribution in [2.24, 2.45) is 0 Å². The van der Waals surface area contributed by atoms with E-state index in [1.54, 1.807) is 23.9 Å². The number of thiophene rings is 1. The molecule has 1 atom stereocenters. The Labute approximate surface area is 195 Å². The molecule has 0 aliphatic carbocycles. The smallest absolute Gasteiger partial charge is 0.222 e. The number of halogens is 1. The normalized spacial score (nSPS) is 12.2. The van der Waals surface area contributed by atoms with Crippen molar-refractivity contribution in [1.29, 1.82) is 0 Å². The monoisotopic (exact) mass is 466 g/mol. The molecule has 0 saturated carbocycles. The molecule has 1 amide bonds. The lowest BCUT2D eigenvalue weighted by Gasteiger charge is -2.22. The van der Waals surface area contributed by atoms with Crippen molar-refractivity contribution in [1.82, 2.24) is 25.5 Å². The van der Waals surface area contributed by atoms with Gasteiger partial charge in [0.1, 0.15) is 12.1 Å². The molecule has 0 bridgehead atoms. The maximum absolute atomic E-state index is 11.5. The second-order valence-electron chi connectivity index (χ2n) is 7.65. The third kappa shape index (κ3) is 5.04. The molecule has 4 aromatic rings. The molecular formula is C23H23ClN6OS. The lowest BCUT2D eigenvalue weighted by Crippen LogP contribution is -2.29. The first-order valence-corrected chi connectivity index (χ1v) is 11.4. The SMILES string of the molecule is CC(=O)Nc1cc(-c2cc(C(NC(C)C)c3ccc(Cl)cc3)c(-c3nnc[nH]3)s2)ccn1. The van der Waals surface area contributed by atoms with E-state index in [1.165, 1.54) is 6.92 Å². The van der Waals surface area contributed by atoms with Gasteiger partial charge >= 0.3 is 0 Å². The highest BCUT2D eigenvalue weighted by molar-refractivity contribution is 7.19. The second-order valence-corrected chi connectivity index (χ2v) is 9.14. The fourth-order valence-electron chi connectivity index (χ4n) is 3.45. The van der Waals surface area contributed by atoms with E-state index in [9.17, 15) is 4.79 Å². The van der Waals surface area contributed by atoms with Crippen LogP contribution in [0.3, 0.4) is 0 Å². The minimum absolute atomic E-state index is 0.0750. The van der Waals surface area contributed by atoms with Crippen LogP contribution in [0.2, 0.25) is 5.02 Å². The van der Waals surface area contributed by atoms with Crippen LogP contribution in [-0.2, 0) is 4.79 Å². The Morgan fingerprint density at radius 2 is 1.94 bits per heavy atom. The van der Waals surface area contributed by atoms with Gasteiger partial charge in [0, 0.05) is 29.1 Å². The maximum atomic E-state index is 11.5. The van der Waals surface area contributed by atoms with Gasteiger partial charge in [-0.05, 0) is 60.9 Å². The molecule has 0 aliphatic heterocycles. The summed E-state index contributed by atoms with van der Waals surface area (Å²) in [4.78, 5) is 20.9. The molecule has 7 nitrogen and oxygen atoms in total. The summed E-state index contributed by atoms with van der Waals surface area (Å²) in [5, 5.41) is 15.4. The van der Waals surface area contributed by atoms with Crippen LogP contribution in [0.4, 0.5) is 5.82 Å². The first-order valence-electron chi connectivity index (χ1n) is 10.2. The Bertz CT molecular complexity index is 1200. The molecule has 3 N–H and O–H groups in total. The number of hydrogen-bond acceptors (Lipinski definition) is 6. The number of H-pyrrole nitrogens is 1. The lowest BCUT2D eigenvalue weighted by atomic mass is 9.97. The first kappa shape index (κ1) is 22.1. The van der Waals surface area contributed by atoms with E-state index in [4.69, 9.17) is 11.6 Å². The molecular weight excluding hydrogens is 444 g/mol. The van der Waals surface area contributed by atoms with Gasteiger partial charge in [-0.15, -0.1) is 21.5 Å². The van der Waals surface area contributed by atoms with Gasteiger partial charge in [0.15, 0.2) is 5.82 Å². The van der Waals surface area contributed by atoms with E-state index in [-0.39, 0.29) is 18.0 Å². The Morgan fingerprint density at radius 1 is 1.16 bits per heavy atom. The van der Waals surface area contributed by atoms with Crippen molar-refractivity contribution in [3.63, 3.8) is 0 Å². The van der Waals surface area contributed by atoms with E-state index in [0.29, 0.717) is 16.7 Å². The van der Waals surface area contributed by atoms with E-state index in [1.807, 2.05) is 36.4 Å². The predicted octanol–water partition coefficient (Wildman–Crippen LogP) is 5.29. The summed E-state index contributed by atoms with van der Waals surface area (Å²) in [5.74, 6) is 1.06. The molecule has 3 aromatic heterocycles. The third-order valence-electron chi connectivity index (χ3n) is 4.76. The summed E-state index contributed by atoms with van der Waals surface area (Å²) in [7, 11) is 0. The zero-order valence-electron chi connectivity index (χ0n) is 17.9. The van der Waals surface area contributed by atoms with E-state index in [0.717, 1.165) is 26.4 Å². The Balaban J connectivity index is 1.84. The summed E-state index contributed by atoms with van der Waals surface area (Å²) in [6.45, 7) is 5.70. The van der Waals surface area contributed by atoms with Gasteiger partial charge in [-0.25, -0.2) is 4.98 Å². The number of aromatic amines is 1. The number of hydrogen-bond donors (Lipinski definition) is 3. The van der Waals surface area contributed by atoms with Crippen molar-refractivity contribution in [3.8, 4) is 21.1 Å². The first-order chi connectivity index (χ1) is 15.4. The van der Waals surface area contributed by atoms with E-state index >= 15 is 0 Å². The average molecular weight is 467 g/mol. The zero-order valence-corrected chi connectivity index (χ0v) is 19.5. The largest absolute Gasteiger partial charge is 0.327 e. The number of carbonyl (C=O) groups excluding carboxylic acids is 1. The molecule has 0 radical (unpaired) electrons. The third-order valence-corrected chi connectivity index (χ3v) is 6.21. The van der Waals surface area contributed by atoms with Gasteiger partial charge in [0.05, 0.1) is 10.9 Å². The van der Waals surface area contributed by atoms with Gasteiger partial charge in [0.2, 0.25) is 5.91 Å². The van der Waals surface area contributed by atoms with E-state index in [2.05, 4.69) is 50.7 Å².